The first-order chi connectivity index (χ1) is 7.77. The van der Waals surface area contributed by atoms with Gasteiger partial charge in [0.2, 0.25) is 0 Å². The van der Waals surface area contributed by atoms with Gasteiger partial charge < -0.3 is 10.2 Å². The molecule has 0 aromatic rings. The van der Waals surface area contributed by atoms with E-state index >= 15 is 0 Å². The third-order valence-electron chi connectivity index (χ3n) is 4.30. The Hall–Kier alpha value is -0.0800. The molecule has 2 aliphatic rings. The molecule has 0 radical (unpaired) electrons. The van der Waals surface area contributed by atoms with Gasteiger partial charge >= 0.3 is 0 Å². The maximum Gasteiger partial charge on any atom is 0.0242 e. The number of likely N-dealkylation sites (N-methyl/N-ethyl adjacent to an activating group) is 1. The lowest BCUT2D eigenvalue weighted by molar-refractivity contribution is 0.245. The molecule has 2 rings (SSSR count). The van der Waals surface area contributed by atoms with Crippen molar-refractivity contribution in [2.45, 2.75) is 63.5 Å². The van der Waals surface area contributed by atoms with E-state index < -0.39 is 0 Å². The first-order valence-corrected chi connectivity index (χ1v) is 7.17. The van der Waals surface area contributed by atoms with Gasteiger partial charge in [0.1, 0.15) is 0 Å². The molecule has 2 aliphatic carbocycles. The van der Waals surface area contributed by atoms with E-state index in [0.29, 0.717) is 0 Å². The molecule has 94 valence electrons. The highest BCUT2D eigenvalue weighted by Crippen LogP contribution is 2.34. The average molecular weight is 224 g/mol. The Labute approximate surface area is 101 Å². The van der Waals surface area contributed by atoms with E-state index in [9.17, 15) is 0 Å². The monoisotopic (exact) mass is 224 g/mol. The van der Waals surface area contributed by atoms with Crippen LogP contribution in [-0.4, -0.2) is 37.6 Å². The smallest absolute Gasteiger partial charge is 0.0242 e. The summed E-state index contributed by atoms with van der Waals surface area (Å²) in [4.78, 5) is 2.42. The van der Waals surface area contributed by atoms with Crippen LogP contribution in [0, 0.1) is 5.92 Å². The van der Waals surface area contributed by atoms with Crippen molar-refractivity contribution in [3.63, 3.8) is 0 Å². The van der Waals surface area contributed by atoms with Gasteiger partial charge in [-0.25, -0.2) is 0 Å². The summed E-state index contributed by atoms with van der Waals surface area (Å²) in [5, 5.41) is 3.82. The number of nitrogens with one attached hydrogen (secondary N) is 1. The van der Waals surface area contributed by atoms with Crippen molar-refractivity contribution in [3.05, 3.63) is 0 Å². The van der Waals surface area contributed by atoms with Crippen molar-refractivity contribution in [1.29, 1.82) is 0 Å². The fourth-order valence-corrected chi connectivity index (χ4v) is 3.02. The molecule has 0 aromatic heterocycles. The van der Waals surface area contributed by atoms with Crippen LogP contribution < -0.4 is 5.32 Å². The van der Waals surface area contributed by atoms with Crippen LogP contribution in [-0.2, 0) is 0 Å². The van der Waals surface area contributed by atoms with Crippen molar-refractivity contribution in [3.8, 4) is 0 Å². The molecule has 2 saturated carbocycles. The zero-order chi connectivity index (χ0) is 11.4. The predicted molar refractivity (Wildman–Crippen MR) is 69.7 cm³/mol. The first kappa shape index (κ1) is 12.4. The fourth-order valence-electron chi connectivity index (χ4n) is 3.02. The lowest BCUT2D eigenvalue weighted by Gasteiger charge is -2.27. The van der Waals surface area contributed by atoms with Gasteiger partial charge in [-0.05, 0) is 45.7 Å². The molecule has 0 aromatic carbocycles. The molecule has 0 saturated heterocycles. The lowest BCUT2D eigenvalue weighted by Crippen LogP contribution is -2.43. The maximum absolute atomic E-state index is 3.82. The fraction of sp³-hybridized carbons (Fsp3) is 1.00. The van der Waals surface area contributed by atoms with E-state index in [4.69, 9.17) is 0 Å². The summed E-state index contributed by atoms with van der Waals surface area (Å²) in [5.74, 6) is 0.980. The largest absolute Gasteiger partial charge is 0.312 e. The minimum atomic E-state index is 0.781. The van der Waals surface area contributed by atoms with Crippen molar-refractivity contribution in [1.82, 2.24) is 10.2 Å². The zero-order valence-electron chi connectivity index (χ0n) is 11.0. The van der Waals surface area contributed by atoms with E-state index in [0.717, 1.165) is 18.0 Å². The Morgan fingerprint density at radius 2 is 1.62 bits per heavy atom. The minimum absolute atomic E-state index is 0.781. The first-order valence-electron chi connectivity index (χ1n) is 7.17. The van der Waals surface area contributed by atoms with Gasteiger partial charge in [0, 0.05) is 18.6 Å². The number of nitrogens with zero attached hydrogens (tertiary/aromatic N) is 1. The molecule has 0 bridgehead atoms. The third kappa shape index (κ3) is 3.74. The van der Waals surface area contributed by atoms with Gasteiger partial charge in [0.15, 0.2) is 0 Å². The molecule has 1 unspecified atom stereocenters. The predicted octanol–water partition coefficient (Wildman–Crippen LogP) is 2.64. The van der Waals surface area contributed by atoms with E-state index in [2.05, 4.69) is 24.3 Å². The van der Waals surface area contributed by atoms with E-state index in [1.54, 1.807) is 0 Å². The van der Waals surface area contributed by atoms with Crippen LogP contribution in [0.4, 0.5) is 0 Å². The molecule has 1 N–H and O–H groups in total. The molecule has 0 aliphatic heterocycles. The highest BCUT2D eigenvalue weighted by Gasteiger charge is 2.32. The Morgan fingerprint density at radius 1 is 1.00 bits per heavy atom. The van der Waals surface area contributed by atoms with E-state index in [1.807, 2.05) is 0 Å². The molecular weight excluding hydrogens is 196 g/mol. The van der Waals surface area contributed by atoms with Crippen molar-refractivity contribution < 1.29 is 0 Å². The van der Waals surface area contributed by atoms with Gasteiger partial charge in [-0.3, -0.25) is 0 Å². The summed E-state index contributed by atoms with van der Waals surface area (Å²) in [6.45, 7) is 1.21. The molecule has 1 atom stereocenters. The third-order valence-corrected chi connectivity index (χ3v) is 4.30. The summed E-state index contributed by atoms with van der Waals surface area (Å²) in [5.41, 5.74) is 0. The molecule has 2 heteroatoms. The normalized spacial score (nSPS) is 25.7. The van der Waals surface area contributed by atoms with Crippen LogP contribution in [0.15, 0.2) is 0 Å². The molecular formula is C14H28N2. The molecule has 0 amide bonds. The molecule has 2 nitrogen and oxygen atoms in total. The van der Waals surface area contributed by atoms with Gasteiger partial charge in [0.25, 0.3) is 0 Å². The lowest BCUT2D eigenvalue weighted by atomic mass is 10.1. The molecule has 16 heavy (non-hydrogen) atoms. The highest BCUT2D eigenvalue weighted by atomic mass is 15.1. The SMILES string of the molecule is CN(C)C(CNC1CCCCCC1)C1CC1. The number of rotatable bonds is 5. The van der Waals surface area contributed by atoms with Crippen LogP contribution in [0.3, 0.4) is 0 Å². The Morgan fingerprint density at radius 3 is 2.12 bits per heavy atom. The van der Waals surface area contributed by atoms with Crippen molar-refractivity contribution in [2.24, 2.45) is 5.92 Å². The molecule has 2 fully saturated rings. The van der Waals surface area contributed by atoms with Gasteiger partial charge in [-0.1, -0.05) is 25.7 Å². The van der Waals surface area contributed by atoms with Crippen LogP contribution in [0.2, 0.25) is 0 Å². The van der Waals surface area contributed by atoms with Crippen LogP contribution in [0.5, 0.6) is 0 Å². The van der Waals surface area contributed by atoms with E-state index in [1.165, 1.54) is 57.9 Å². The molecule has 0 heterocycles. The number of hydrogen-bond donors (Lipinski definition) is 1. The van der Waals surface area contributed by atoms with E-state index in [-0.39, 0.29) is 0 Å². The zero-order valence-corrected chi connectivity index (χ0v) is 11.0. The van der Waals surface area contributed by atoms with Crippen molar-refractivity contribution >= 4 is 0 Å². The van der Waals surface area contributed by atoms with Gasteiger partial charge in [-0.2, -0.15) is 0 Å². The second-order valence-corrected chi connectivity index (χ2v) is 5.97. The highest BCUT2D eigenvalue weighted by molar-refractivity contribution is 4.88. The maximum atomic E-state index is 3.82. The average Bonchev–Trinajstić information content (AvgIpc) is 3.03. The number of hydrogen-bond acceptors (Lipinski definition) is 2. The van der Waals surface area contributed by atoms with Crippen LogP contribution >= 0.6 is 0 Å². The Balaban J connectivity index is 1.71. The van der Waals surface area contributed by atoms with Gasteiger partial charge in [0.05, 0.1) is 0 Å². The summed E-state index contributed by atoms with van der Waals surface area (Å²) in [6.07, 6.45) is 11.5. The summed E-state index contributed by atoms with van der Waals surface area (Å²) in [7, 11) is 4.47. The summed E-state index contributed by atoms with van der Waals surface area (Å²) in [6, 6.07) is 1.59. The topological polar surface area (TPSA) is 15.3 Å². The van der Waals surface area contributed by atoms with Crippen molar-refractivity contribution in [2.75, 3.05) is 20.6 Å². The summed E-state index contributed by atoms with van der Waals surface area (Å²) < 4.78 is 0. The quantitative estimate of drug-likeness (QED) is 0.722. The minimum Gasteiger partial charge on any atom is -0.312 e. The standard InChI is InChI=1S/C14H28N2/c1-16(2)14(12-9-10-12)11-15-13-7-5-3-4-6-8-13/h12-15H,3-11H2,1-2H3. The molecule has 0 spiro atoms. The Kier molecular flexibility index (Phi) is 4.66. The second-order valence-electron chi connectivity index (χ2n) is 5.97. The van der Waals surface area contributed by atoms with Crippen LogP contribution in [0.1, 0.15) is 51.4 Å². The Bertz CT molecular complexity index is 189. The van der Waals surface area contributed by atoms with Crippen LogP contribution in [0.25, 0.3) is 0 Å². The second kappa shape index (κ2) is 6.02. The summed E-state index contributed by atoms with van der Waals surface area (Å²) >= 11 is 0. The van der Waals surface area contributed by atoms with Gasteiger partial charge in [-0.15, -0.1) is 0 Å².